The van der Waals surface area contributed by atoms with Crippen LogP contribution in [0.5, 0.6) is 0 Å². The lowest BCUT2D eigenvalue weighted by Crippen LogP contribution is -2.51. The van der Waals surface area contributed by atoms with Crippen LogP contribution in [0.1, 0.15) is 53.7 Å². The Kier molecular flexibility index (Phi) is 4.48. The number of rotatable bonds is 3. The van der Waals surface area contributed by atoms with Gasteiger partial charge in [-0.2, -0.15) is 5.10 Å². The smallest absolute Gasteiger partial charge is 0.269 e. The fourth-order valence-corrected chi connectivity index (χ4v) is 5.38. The second-order valence-electron chi connectivity index (χ2n) is 8.29. The van der Waals surface area contributed by atoms with Gasteiger partial charge in [0.2, 0.25) is 0 Å². The number of aromatic nitrogens is 2. The quantitative estimate of drug-likeness (QED) is 0.879. The number of aryl methyl sites for hydroxylation is 1. The third-order valence-electron chi connectivity index (χ3n) is 6.76. The predicted molar refractivity (Wildman–Crippen MR) is 106 cm³/mol. The van der Waals surface area contributed by atoms with E-state index in [2.05, 4.69) is 38.6 Å². The molecule has 2 saturated heterocycles. The number of nitrogens with zero attached hydrogens (tertiary/aromatic N) is 2. The van der Waals surface area contributed by atoms with Crippen molar-refractivity contribution in [3.8, 4) is 11.3 Å². The molecule has 3 heterocycles. The summed E-state index contributed by atoms with van der Waals surface area (Å²) in [5.74, 6) is 0.596. The topological polar surface area (TPSA) is 61.0 Å². The Labute approximate surface area is 160 Å². The molecule has 1 aromatic carbocycles. The number of benzene rings is 1. The number of nitrogens with one attached hydrogen (secondary N) is 2. The molecule has 1 aromatic heterocycles. The maximum Gasteiger partial charge on any atom is 0.269 e. The number of carbonyl (C=O) groups excluding carboxylic acids is 1. The van der Waals surface area contributed by atoms with E-state index in [0.29, 0.717) is 17.7 Å². The van der Waals surface area contributed by atoms with Crippen LogP contribution in [0.25, 0.3) is 11.3 Å². The van der Waals surface area contributed by atoms with Crippen LogP contribution in [0.4, 0.5) is 0 Å². The highest BCUT2D eigenvalue weighted by Crippen LogP contribution is 2.34. The lowest BCUT2D eigenvalue weighted by Gasteiger charge is -2.44. The van der Waals surface area contributed by atoms with Crippen molar-refractivity contribution in [2.75, 3.05) is 19.6 Å². The summed E-state index contributed by atoms with van der Waals surface area (Å²) in [4.78, 5) is 15.5. The second-order valence-corrected chi connectivity index (χ2v) is 8.29. The zero-order valence-electron chi connectivity index (χ0n) is 15.8. The molecular weight excluding hydrogens is 336 g/mol. The number of hydrogen-bond donors (Lipinski definition) is 2. The largest absolute Gasteiger partial charge is 0.350 e. The lowest BCUT2D eigenvalue weighted by molar-refractivity contribution is 0.0575. The van der Waals surface area contributed by atoms with Gasteiger partial charge in [-0.3, -0.25) is 9.89 Å². The minimum absolute atomic E-state index is 0.0102. The van der Waals surface area contributed by atoms with Crippen LogP contribution in [0.15, 0.2) is 24.3 Å². The van der Waals surface area contributed by atoms with Gasteiger partial charge in [0.15, 0.2) is 0 Å². The van der Waals surface area contributed by atoms with Crippen molar-refractivity contribution < 1.29 is 4.79 Å². The molecule has 0 radical (unpaired) electrons. The summed E-state index contributed by atoms with van der Waals surface area (Å²) >= 11 is 0. The fourth-order valence-electron chi connectivity index (χ4n) is 5.38. The molecule has 1 aliphatic carbocycles. The van der Waals surface area contributed by atoms with E-state index < -0.39 is 0 Å². The molecular formula is C22H28N4O. The van der Waals surface area contributed by atoms with E-state index in [1.807, 2.05) is 6.07 Å². The second kappa shape index (κ2) is 7.12. The number of hydrogen-bond acceptors (Lipinski definition) is 3. The molecule has 2 aliphatic heterocycles. The highest BCUT2D eigenvalue weighted by atomic mass is 16.1. The molecule has 0 bridgehead atoms. The van der Waals surface area contributed by atoms with E-state index in [9.17, 15) is 4.79 Å². The normalized spacial score (nSPS) is 24.6. The van der Waals surface area contributed by atoms with Crippen molar-refractivity contribution in [2.45, 2.75) is 51.0 Å². The van der Waals surface area contributed by atoms with Crippen molar-refractivity contribution in [3.63, 3.8) is 0 Å². The highest BCUT2D eigenvalue weighted by molar-refractivity contribution is 5.96. The number of amides is 1. The van der Waals surface area contributed by atoms with E-state index in [0.717, 1.165) is 30.6 Å². The molecule has 27 heavy (non-hydrogen) atoms. The van der Waals surface area contributed by atoms with Crippen LogP contribution < -0.4 is 5.32 Å². The molecule has 0 unspecified atom stereocenters. The summed E-state index contributed by atoms with van der Waals surface area (Å²) in [6.07, 6.45) is 8.30. The Morgan fingerprint density at radius 2 is 2.04 bits per heavy atom. The van der Waals surface area contributed by atoms with Gasteiger partial charge in [0.05, 0.1) is 5.69 Å². The van der Waals surface area contributed by atoms with Gasteiger partial charge in [-0.1, -0.05) is 30.7 Å². The molecule has 5 heteroatoms. The number of aromatic amines is 1. The molecule has 5 nitrogen and oxygen atoms in total. The summed E-state index contributed by atoms with van der Waals surface area (Å²) in [7, 11) is 0. The SMILES string of the molecule is O=C(NC[C@H]1CCCN2CCCC[C@@H]12)c1[nH]nc2c1CCc1ccccc1-2. The first-order chi connectivity index (χ1) is 13.3. The minimum atomic E-state index is 0.0102. The molecule has 142 valence electrons. The van der Waals surface area contributed by atoms with Gasteiger partial charge < -0.3 is 10.2 Å². The van der Waals surface area contributed by atoms with Crippen molar-refractivity contribution in [1.82, 2.24) is 20.4 Å². The van der Waals surface area contributed by atoms with Crippen molar-refractivity contribution >= 4 is 5.91 Å². The van der Waals surface area contributed by atoms with Crippen molar-refractivity contribution in [2.24, 2.45) is 5.92 Å². The first-order valence-corrected chi connectivity index (χ1v) is 10.5. The van der Waals surface area contributed by atoms with Gasteiger partial charge in [0, 0.05) is 23.7 Å². The summed E-state index contributed by atoms with van der Waals surface area (Å²) in [6, 6.07) is 9.04. The van der Waals surface area contributed by atoms with Crippen LogP contribution in [0.2, 0.25) is 0 Å². The minimum Gasteiger partial charge on any atom is -0.350 e. The van der Waals surface area contributed by atoms with Crippen molar-refractivity contribution in [1.29, 1.82) is 0 Å². The third-order valence-corrected chi connectivity index (χ3v) is 6.76. The van der Waals surface area contributed by atoms with Crippen LogP contribution in [0, 0.1) is 5.92 Å². The molecule has 1 amide bonds. The number of fused-ring (bicyclic) bond motifs is 4. The standard InChI is InChI=1S/C22H28N4O/c27-22(23-14-16-7-5-13-26-12-4-3-9-19(16)26)21-18-11-10-15-6-1-2-8-17(15)20(18)24-25-21/h1-2,6,8,16,19H,3-5,7,9-14H2,(H,23,27)(H,24,25)/t16-,19+/m1/s1. The zero-order chi connectivity index (χ0) is 18.2. The Balaban J connectivity index is 1.29. The van der Waals surface area contributed by atoms with Gasteiger partial charge in [-0.05, 0) is 63.1 Å². The van der Waals surface area contributed by atoms with E-state index >= 15 is 0 Å². The van der Waals surface area contributed by atoms with E-state index in [-0.39, 0.29) is 5.91 Å². The molecule has 2 aromatic rings. The van der Waals surface area contributed by atoms with Crippen molar-refractivity contribution in [3.05, 3.63) is 41.1 Å². The first kappa shape index (κ1) is 17.0. The van der Waals surface area contributed by atoms with Crippen LogP contribution >= 0.6 is 0 Å². The van der Waals surface area contributed by atoms with E-state index in [1.165, 1.54) is 56.3 Å². The fraction of sp³-hybridized carbons (Fsp3) is 0.545. The van der Waals surface area contributed by atoms with E-state index in [1.54, 1.807) is 0 Å². The first-order valence-electron chi connectivity index (χ1n) is 10.5. The maximum absolute atomic E-state index is 12.9. The number of H-pyrrole nitrogens is 1. The average molecular weight is 364 g/mol. The summed E-state index contributed by atoms with van der Waals surface area (Å²) in [5, 5.41) is 10.7. The molecule has 3 aliphatic rings. The molecule has 2 atom stereocenters. The summed E-state index contributed by atoms with van der Waals surface area (Å²) in [6.45, 7) is 3.26. The molecule has 0 spiro atoms. The van der Waals surface area contributed by atoms with Gasteiger partial charge in [0.25, 0.3) is 5.91 Å². The monoisotopic (exact) mass is 364 g/mol. The van der Waals surface area contributed by atoms with Crippen LogP contribution in [0.3, 0.4) is 0 Å². The Morgan fingerprint density at radius 1 is 1.15 bits per heavy atom. The zero-order valence-corrected chi connectivity index (χ0v) is 15.8. The van der Waals surface area contributed by atoms with Gasteiger partial charge >= 0.3 is 0 Å². The Hall–Kier alpha value is -2.14. The van der Waals surface area contributed by atoms with Gasteiger partial charge in [-0.25, -0.2) is 0 Å². The number of carbonyl (C=O) groups is 1. The molecule has 2 N–H and O–H groups in total. The van der Waals surface area contributed by atoms with Crippen LogP contribution in [-0.2, 0) is 12.8 Å². The maximum atomic E-state index is 12.9. The molecule has 0 saturated carbocycles. The molecule has 2 fully saturated rings. The highest BCUT2D eigenvalue weighted by Gasteiger charge is 2.33. The summed E-state index contributed by atoms with van der Waals surface area (Å²) in [5.41, 5.74) is 5.19. The third kappa shape index (κ3) is 3.08. The predicted octanol–water partition coefficient (Wildman–Crippen LogP) is 3.17. The average Bonchev–Trinajstić information content (AvgIpc) is 3.17. The van der Waals surface area contributed by atoms with E-state index in [4.69, 9.17) is 0 Å². The van der Waals surface area contributed by atoms with Gasteiger partial charge in [0.1, 0.15) is 5.69 Å². The lowest BCUT2D eigenvalue weighted by atomic mass is 9.83. The van der Waals surface area contributed by atoms with Crippen LogP contribution in [-0.4, -0.2) is 46.7 Å². The number of piperidine rings is 2. The Bertz CT molecular complexity index is 841. The van der Waals surface area contributed by atoms with Gasteiger partial charge in [-0.15, -0.1) is 0 Å². The Morgan fingerprint density at radius 3 is 3.00 bits per heavy atom. The molecule has 5 rings (SSSR count). The summed E-state index contributed by atoms with van der Waals surface area (Å²) < 4.78 is 0.